The number of hydrogen-bond acceptors (Lipinski definition) is 4. The molecule has 0 bridgehead atoms. The van der Waals surface area contributed by atoms with Gasteiger partial charge in [0.15, 0.2) is 11.5 Å². The fourth-order valence-electron chi connectivity index (χ4n) is 2.05. The zero-order valence-corrected chi connectivity index (χ0v) is 12.0. The molecule has 0 unspecified atom stereocenters. The van der Waals surface area contributed by atoms with Crippen molar-refractivity contribution in [3.8, 4) is 0 Å². The summed E-state index contributed by atoms with van der Waals surface area (Å²) in [7, 11) is 1.59. The minimum atomic E-state index is -0.242. The van der Waals surface area contributed by atoms with Gasteiger partial charge >= 0.3 is 0 Å². The average molecular weight is 287 g/mol. The van der Waals surface area contributed by atoms with Gasteiger partial charge in [-0.25, -0.2) is 4.98 Å². The summed E-state index contributed by atoms with van der Waals surface area (Å²) in [6.07, 6.45) is 2.27. The molecular formula is C15H17N3O3. The molecule has 6 nitrogen and oxygen atoms in total. The highest BCUT2D eigenvalue weighted by Gasteiger charge is 2.28. The average Bonchev–Trinajstić information content (AvgIpc) is 3.18. The van der Waals surface area contributed by atoms with Crippen molar-refractivity contribution in [2.45, 2.75) is 25.7 Å². The smallest absolute Gasteiger partial charge is 0.243 e. The van der Waals surface area contributed by atoms with Crippen LogP contribution in [0.2, 0.25) is 0 Å². The number of likely N-dealkylation sites (N-methyl/N-ethyl adjacent to an activating group) is 1. The van der Waals surface area contributed by atoms with E-state index in [-0.39, 0.29) is 18.4 Å². The van der Waals surface area contributed by atoms with Crippen molar-refractivity contribution in [1.29, 1.82) is 0 Å². The van der Waals surface area contributed by atoms with Crippen LogP contribution in [0, 0.1) is 0 Å². The van der Waals surface area contributed by atoms with E-state index in [1.165, 1.54) is 11.8 Å². The van der Waals surface area contributed by atoms with Crippen LogP contribution in [0.5, 0.6) is 0 Å². The lowest BCUT2D eigenvalue weighted by molar-refractivity contribution is -0.131. The molecule has 1 saturated carbocycles. The maximum Gasteiger partial charge on any atom is 0.243 e. The van der Waals surface area contributed by atoms with Crippen LogP contribution in [0.1, 0.15) is 31.6 Å². The Balaban J connectivity index is 1.71. The largest absolute Gasteiger partial charge is 0.440 e. The fourth-order valence-corrected chi connectivity index (χ4v) is 2.05. The second-order valence-electron chi connectivity index (χ2n) is 5.43. The van der Waals surface area contributed by atoms with Gasteiger partial charge in [-0.05, 0) is 25.0 Å². The van der Waals surface area contributed by atoms with Gasteiger partial charge < -0.3 is 14.6 Å². The van der Waals surface area contributed by atoms with E-state index in [0.29, 0.717) is 17.2 Å². The van der Waals surface area contributed by atoms with E-state index in [0.717, 1.165) is 24.2 Å². The zero-order chi connectivity index (χ0) is 15.0. The molecule has 21 heavy (non-hydrogen) atoms. The van der Waals surface area contributed by atoms with Crippen LogP contribution < -0.4 is 5.32 Å². The first-order valence-electron chi connectivity index (χ1n) is 6.95. The van der Waals surface area contributed by atoms with Gasteiger partial charge in [0.1, 0.15) is 5.52 Å². The van der Waals surface area contributed by atoms with Gasteiger partial charge in [-0.3, -0.25) is 9.59 Å². The first kappa shape index (κ1) is 13.6. The molecule has 1 aromatic heterocycles. The Morgan fingerprint density at radius 2 is 2.19 bits per heavy atom. The van der Waals surface area contributed by atoms with Gasteiger partial charge in [-0.1, -0.05) is 0 Å². The summed E-state index contributed by atoms with van der Waals surface area (Å²) < 4.78 is 5.71. The maximum atomic E-state index is 11.8. The molecule has 1 fully saturated rings. The van der Waals surface area contributed by atoms with Crippen LogP contribution in [0.4, 0.5) is 5.69 Å². The van der Waals surface area contributed by atoms with Gasteiger partial charge in [-0.15, -0.1) is 0 Å². The van der Waals surface area contributed by atoms with Crippen molar-refractivity contribution in [2.24, 2.45) is 0 Å². The van der Waals surface area contributed by atoms with E-state index in [1.54, 1.807) is 19.2 Å². The molecular weight excluding hydrogens is 270 g/mol. The number of hydrogen-bond donors (Lipinski definition) is 1. The summed E-state index contributed by atoms with van der Waals surface area (Å²) in [5, 5.41) is 2.75. The van der Waals surface area contributed by atoms with Crippen LogP contribution in [-0.4, -0.2) is 35.3 Å². The molecule has 3 rings (SSSR count). The Morgan fingerprint density at radius 1 is 1.43 bits per heavy atom. The molecule has 6 heteroatoms. The Labute approximate surface area is 122 Å². The number of fused-ring (bicyclic) bond motifs is 1. The third-order valence-electron chi connectivity index (χ3n) is 3.53. The molecule has 0 spiro atoms. The molecule has 1 aliphatic carbocycles. The third kappa shape index (κ3) is 3.04. The molecule has 2 aromatic rings. The molecule has 0 atom stereocenters. The molecule has 1 aromatic carbocycles. The summed E-state index contributed by atoms with van der Waals surface area (Å²) in [6, 6.07) is 5.38. The first-order valence-corrected chi connectivity index (χ1v) is 6.95. The predicted molar refractivity (Wildman–Crippen MR) is 77.9 cm³/mol. The number of nitrogens with one attached hydrogen (secondary N) is 1. The highest BCUT2D eigenvalue weighted by molar-refractivity contribution is 5.95. The lowest BCUT2D eigenvalue weighted by Crippen LogP contribution is -2.33. The molecule has 1 aliphatic rings. The Hall–Kier alpha value is -2.37. The molecule has 0 radical (unpaired) electrons. The van der Waals surface area contributed by atoms with Crippen LogP contribution in [-0.2, 0) is 9.59 Å². The topological polar surface area (TPSA) is 75.4 Å². The van der Waals surface area contributed by atoms with Crippen LogP contribution in [0.3, 0.4) is 0 Å². The molecule has 1 heterocycles. The number of carbonyl (C=O) groups excluding carboxylic acids is 2. The highest BCUT2D eigenvalue weighted by Crippen LogP contribution is 2.40. The zero-order valence-electron chi connectivity index (χ0n) is 12.0. The lowest BCUT2D eigenvalue weighted by Gasteiger charge is -2.14. The van der Waals surface area contributed by atoms with Gasteiger partial charge in [0.05, 0.1) is 6.54 Å². The van der Waals surface area contributed by atoms with Crippen LogP contribution in [0.15, 0.2) is 22.6 Å². The van der Waals surface area contributed by atoms with Crippen molar-refractivity contribution in [3.05, 3.63) is 24.1 Å². The van der Waals surface area contributed by atoms with Gasteiger partial charge in [0.2, 0.25) is 11.8 Å². The minimum Gasteiger partial charge on any atom is -0.440 e. The quantitative estimate of drug-likeness (QED) is 0.934. The Bertz CT molecular complexity index is 703. The summed E-state index contributed by atoms with van der Waals surface area (Å²) in [6.45, 7) is 1.45. The number of benzene rings is 1. The molecule has 110 valence electrons. The fraction of sp³-hybridized carbons (Fsp3) is 0.400. The van der Waals surface area contributed by atoms with Gasteiger partial charge in [0, 0.05) is 31.6 Å². The molecule has 0 saturated heterocycles. The third-order valence-corrected chi connectivity index (χ3v) is 3.53. The van der Waals surface area contributed by atoms with Crippen molar-refractivity contribution in [2.75, 3.05) is 18.9 Å². The van der Waals surface area contributed by atoms with E-state index < -0.39 is 0 Å². The van der Waals surface area contributed by atoms with E-state index in [9.17, 15) is 9.59 Å². The summed E-state index contributed by atoms with van der Waals surface area (Å²) in [5.74, 6) is 0.850. The first-order chi connectivity index (χ1) is 10.0. The predicted octanol–water partition coefficient (Wildman–Crippen LogP) is 2.12. The molecule has 2 amide bonds. The van der Waals surface area contributed by atoms with Gasteiger partial charge in [0.25, 0.3) is 0 Å². The number of aromatic nitrogens is 1. The monoisotopic (exact) mass is 287 g/mol. The standard InChI is InChI=1S/C15H17N3O3/c1-9(19)18(2)8-14(20)16-11-5-6-12-13(7-11)21-15(17-12)10-3-4-10/h5-7,10H,3-4,8H2,1-2H3,(H,16,20). The molecule has 1 N–H and O–H groups in total. The highest BCUT2D eigenvalue weighted by atomic mass is 16.3. The van der Waals surface area contributed by atoms with Crippen LogP contribution in [0.25, 0.3) is 11.1 Å². The van der Waals surface area contributed by atoms with Crippen molar-refractivity contribution in [3.63, 3.8) is 0 Å². The lowest BCUT2D eigenvalue weighted by atomic mass is 10.3. The Morgan fingerprint density at radius 3 is 2.86 bits per heavy atom. The summed E-state index contributed by atoms with van der Waals surface area (Å²) in [4.78, 5) is 28.7. The number of carbonyl (C=O) groups is 2. The number of oxazole rings is 1. The van der Waals surface area contributed by atoms with Crippen molar-refractivity contribution < 1.29 is 14.0 Å². The molecule has 0 aliphatic heterocycles. The summed E-state index contributed by atoms with van der Waals surface area (Å²) >= 11 is 0. The van der Waals surface area contributed by atoms with Crippen molar-refractivity contribution >= 4 is 28.6 Å². The number of rotatable bonds is 4. The second kappa shape index (κ2) is 5.20. The van der Waals surface area contributed by atoms with Gasteiger partial charge in [-0.2, -0.15) is 0 Å². The summed E-state index contributed by atoms with van der Waals surface area (Å²) in [5.41, 5.74) is 2.12. The number of amides is 2. The van der Waals surface area contributed by atoms with E-state index >= 15 is 0 Å². The maximum absolute atomic E-state index is 11.8. The van der Waals surface area contributed by atoms with Crippen molar-refractivity contribution in [1.82, 2.24) is 9.88 Å². The number of anilines is 1. The van der Waals surface area contributed by atoms with E-state index in [4.69, 9.17) is 4.42 Å². The van der Waals surface area contributed by atoms with E-state index in [2.05, 4.69) is 10.3 Å². The normalized spacial score (nSPS) is 14.2. The van der Waals surface area contributed by atoms with Crippen LogP contribution >= 0.6 is 0 Å². The van der Waals surface area contributed by atoms with E-state index in [1.807, 2.05) is 6.07 Å². The second-order valence-corrected chi connectivity index (χ2v) is 5.43. The Kier molecular flexibility index (Phi) is 3.37. The number of nitrogens with zero attached hydrogens (tertiary/aromatic N) is 2. The SMILES string of the molecule is CC(=O)N(C)CC(=O)Nc1ccc2nc(C3CC3)oc2c1. The minimum absolute atomic E-state index is 0.0249.